The van der Waals surface area contributed by atoms with Crippen LogP contribution in [0.2, 0.25) is 0 Å². The van der Waals surface area contributed by atoms with Crippen LogP contribution in [0.25, 0.3) is 11.0 Å². The van der Waals surface area contributed by atoms with Gasteiger partial charge in [0.25, 0.3) is 5.91 Å². The lowest BCUT2D eigenvalue weighted by atomic mass is 10.2. The molecule has 0 unspecified atom stereocenters. The van der Waals surface area contributed by atoms with Gasteiger partial charge in [0.1, 0.15) is 5.65 Å². The van der Waals surface area contributed by atoms with E-state index in [9.17, 15) is 4.79 Å². The lowest BCUT2D eigenvalue weighted by Crippen LogP contribution is -2.12. The minimum Gasteiger partial charge on any atom is -0.345 e. The first kappa shape index (κ1) is 10.9. The summed E-state index contributed by atoms with van der Waals surface area (Å²) in [7, 11) is 1.86. The standard InChI is InChI=1S/C12H10N4OS/c1-16-5-6-18-12(16)15-11(17)9-7-14-10-8(9)3-2-4-13-10/h2-7H,1H3,(H,13,14)/b15-12-. The number of pyridine rings is 1. The number of thiazole rings is 1. The number of fused-ring (bicyclic) bond motifs is 1. The fourth-order valence-electron chi connectivity index (χ4n) is 1.71. The number of aromatic amines is 1. The maximum absolute atomic E-state index is 12.1. The lowest BCUT2D eigenvalue weighted by Gasteiger charge is -1.92. The van der Waals surface area contributed by atoms with E-state index in [4.69, 9.17) is 0 Å². The van der Waals surface area contributed by atoms with Crippen molar-refractivity contribution in [3.63, 3.8) is 0 Å². The van der Waals surface area contributed by atoms with E-state index in [-0.39, 0.29) is 5.91 Å². The minimum absolute atomic E-state index is 0.257. The molecule has 6 heteroatoms. The van der Waals surface area contributed by atoms with E-state index in [1.165, 1.54) is 11.3 Å². The van der Waals surface area contributed by atoms with E-state index < -0.39 is 0 Å². The Balaban J connectivity index is 2.11. The molecule has 0 aliphatic rings. The molecule has 5 nitrogen and oxygen atoms in total. The largest absolute Gasteiger partial charge is 0.345 e. The molecule has 0 saturated heterocycles. The van der Waals surface area contributed by atoms with Gasteiger partial charge in [0.05, 0.1) is 5.56 Å². The van der Waals surface area contributed by atoms with Crippen LogP contribution in [0.4, 0.5) is 0 Å². The highest BCUT2D eigenvalue weighted by molar-refractivity contribution is 7.07. The third kappa shape index (κ3) is 1.76. The van der Waals surface area contributed by atoms with Crippen molar-refractivity contribution in [2.24, 2.45) is 12.0 Å². The Hall–Kier alpha value is -2.21. The van der Waals surface area contributed by atoms with E-state index in [0.717, 1.165) is 5.39 Å². The van der Waals surface area contributed by atoms with Crippen LogP contribution in [0.1, 0.15) is 10.4 Å². The number of nitrogens with zero attached hydrogens (tertiary/aromatic N) is 3. The van der Waals surface area contributed by atoms with Crippen molar-refractivity contribution in [3.8, 4) is 0 Å². The molecule has 3 aromatic rings. The van der Waals surface area contributed by atoms with Crippen LogP contribution < -0.4 is 4.80 Å². The zero-order valence-corrected chi connectivity index (χ0v) is 10.4. The number of aryl methyl sites for hydroxylation is 1. The summed E-state index contributed by atoms with van der Waals surface area (Å²) >= 11 is 1.43. The Bertz CT molecular complexity index is 780. The van der Waals surface area contributed by atoms with Crippen molar-refractivity contribution in [1.82, 2.24) is 14.5 Å². The van der Waals surface area contributed by atoms with Crippen molar-refractivity contribution in [1.29, 1.82) is 0 Å². The molecule has 3 rings (SSSR count). The van der Waals surface area contributed by atoms with Crippen molar-refractivity contribution in [3.05, 3.63) is 46.5 Å². The number of hydrogen-bond acceptors (Lipinski definition) is 3. The molecule has 0 bridgehead atoms. The van der Waals surface area contributed by atoms with E-state index in [2.05, 4.69) is 15.0 Å². The number of H-pyrrole nitrogens is 1. The first-order valence-corrected chi connectivity index (χ1v) is 6.25. The summed E-state index contributed by atoms with van der Waals surface area (Å²) < 4.78 is 1.82. The molecule has 0 aromatic carbocycles. The second-order valence-corrected chi connectivity index (χ2v) is 4.69. The number of aromatic nitrogens is 3. The van der Waals surface area contributed by atoms with Gasteiger partial charge in [0.2, 0.25) is 0 Å². The molecule has 1 amide bonds. The van der Waals surface area contributed by atoms with Gasteiger partial charge >= 0.3 is 0 Å². The molecule has 3 heterocycles. The zero-order chi connectivity index (χ0) is 12.5. The van der Waals surface area contributed by atoms with E-state index >= 15 is 0 Å². The second-order valence-electron chi connectivity index (χ2n) is 3.82. The summed E-state index contributed by atoms with van der Waals surface area (Å²) in [5.74, 6) is -0.257. The number of nitrogens with one attached hydrogen (secondary N) is 1. The first-order valence-electron chi connectivity index (χ1n) is 5.37. The Morgan fingerprint density at radius 2 is 2.44 bits per heavy atom. The molecule has 0 radical (unpaired) electrons. The molecule has 18 heavy (non-hydrogen) atoms. The number of rotatable bonds is 1. The van der Waals surface area contributed by atoms with Crippen LogP contribution in [0, 0.1) is 0 Å². The minimum atomic E-state index is -0.257. The van der Waals surface area contributed by atoms with E-state index in [1.807, 2.05) is 29.3 Å². The van der Waals surface area contributed by atoms with Gasteiger partial charge in [-0.25, -0.2) is 4.98 Å². The molecule has 0 fully saturated rings. The molecule has 0 atom stereocenters. The highest BCUT2D eigenvalue weighted by Crippen LogP contribution is 2.16. The number of carbonyl (C=O) groups is 1. The zero-order valence-electron chi connectivity index (χ0n) is 9.62. The van der Waals surface area contributed by atoms with Crippen LogP contribution >= 0.6 is 11.3 Å². The monoisotopic (exact) mass is 258 g/mol. The lowest BCUT2D eigenvalue weighted by molar-refractivity contribution is 0.0999. The quantitative estimate of drug-likeness (QED) is 0.722. The van der Waals surface area contributed by atoms with Crippen molar-refractivity contribution < 1.29 is 4.79 Å². The molecule has 3 aromatic heterocycles. The SMILES string of the molecule is Cn1ccs/c1=N\C(=O)c1c[nH]c2ncccc12. The van der Waals surface area contributed by atoms with Gasteiger partial charge in [0, 0.05) is 36.4 Å². The van der Waals surface area contributed by atoms with Crippen molar-refractivity contribution >= 4 is 28.3 Å². The van der Waals surface area contributed by atoms with Gasteiger partial charge in [-0.2, -0.15) is 4.99 Å². The highest BCUT2D eigenvalue weighted by atomic mass is 32.1. The van der Waals surface area contributed by atoms with E-state index in [0.29, 0.717) is 16.0 Å². The van der Waals surface area contributed by atoms with Crippen LogP contribution in [-0.4, -0.2) is 20.4 Å². The Labute approximate surface area is 106 Å². The first-order chi connectivity index (χ1) is 8.75. The number of carbonyl (C=O) groups excluding carboxylic acids is 1. The van der Waals surface area contributed by atoms with Gasteiger partial charge in [-0.15, -0.1) is 11.3 Å². The third-order valence-corrected chi connectivity index (χ3v) is 3.49. The van der Waals surface area contributed by atoms with Crippen LogP contribution in [-0.2, 0) is 7.05 Å². The average Bonchev–Trinajstić information content (AvgIpc) is 2.96. The fourth-order valence-corrected chi connectivity index (χ4v) is 2.44. The van der Waals surface area contributed by atoms with E-state index in [1.54, 1.807) is 18.5 Å². The van der Waals surface area contributed by atoms with Gasteiger partial charge in [-0.1, -0.05) is 0 Å². The van der Waals surface area contributed by atoms with Gasteiger partial charge in [-0.05, 0) is 12.1 Å². The van der Waals surface area contributed by atoms with Crippen molar-refractivity contribution in [2.75, 3.05) is 0 Å². The fraction of sp³-hybridized carbons (Fsp3) is 0.0833. The molecule has 0 aliphatic carbocycles. The molecule has 1 N–H and O–H groups in total. The summed E-state index contributed by atoms with van der Waals surface area (Å²) in [6.07, 6.45) is 5.20. The maximum atomic E-state index is 12.1. The Morgan fingerprint density at radius 1 is 1.56 bits per heavy atom. The van der Waals surface area contributed by atoms with Crippen LogP contribution in [0.15, 0.2) is 41.1 Å². The van der Waals surface area contributed by atoms with Gasteiger partial charge < -0.3 is 9.55 Å². The highest BCUT2D eigenvalue weighted by Gasteiger charge is 2.11. The predicted molar refractivity (Wildman–Crippen MR) is 69.3 cm³/mol. The molecule has 0 spiro atoms. The summed E-state index contributed by atoms with van der Waals surface area (Å²) in [6, 6.07) is 3.66. The average molecular weight is 258 g/mol. The summed E-state index contributed by atoms with van der Waals surface area (Å²) in [5.41, 5.74) is 1.25. The van der Waals surface area contributed by atoms with Crippen LogP contribution in [0.5, 0.6) is 0 Å². The van der Waals surface area contributed by atoms with Gasteiger partial charge in [0.15, 0.2) is 4.80 Å². The second kappa shape index (κ2) is 4.23. The predicted octanol–water partition coefficient (Wildman–Crippen LogP) is 1.70. The topological polar surface area (TPSA) is 63.0 Å². The number of hydrogen-bond donors (Lipinski definition) is 1. The molecular weight excluding hydrogens is 248 g/mol. The Morgan fingerprint density at radius 3 is 3.22 bits per heavy atom. The molecule has 0 aliphatic heterocycles. The summed E-state index contributed by atoms with van der Waals surface area (Å²) in [6.45, 7) is 0. The third-order valence-electron chi connectivity index (χ3n) is 2.64. The summed E-state index contributed by atoms with van der Waals surface area (Å²) in [4.78, 5) is 24.0. The summed E-state index contributed by atoms with van der Waals surface area (Å²) in [5, 5.41) is 2.69. The normalized spacial score (nSPS) is 12.2. The Kier molecular flexibility index (Phi) is 2.56. The molecule has 90 valence electrons. The maximum Gasteiger partial charge on any atom is 0.281 e. The smallest absolute Gasteiger partial charge is 0.281 e. The van der Waals surface area contributed by atoms with Crippen LogP contribution in [0.3, 0.4) is 0 Å². The molecular formula is C12H10N4OS. The molecule has 0 saturated carbocycles. The van der Waals surface area contributed by atoms with Crippen molar-refractivity contribution in [2.45, 2.75) is 0 Å². The number of amides is 1. The van der Waals surface area contributed by atoms with Gasteiger partial charge in [-0.3, -0.25) is 4.79 Å².